The molecule has 0 radical (unpaired) electrons. The number of hydrogen-bond donors (Lipinski definition) is 1. The predicted octanol–water partition coefficient (Wildman–Crippen LogP) is 3.65. The third-order valence-electron chi connectivity index (χ3n) is 6.40. The number of hydrogen-bond acceptors (Lipinski definition) is 7. The highest BCUT2D eigenvalue weighted by Gasteiger charge is 2.53. The van der Waals surface area contributed by atoms with Crippen molar-refractivity contribution in [2.45, 2.75) is 51.7 Å². The molecule has 1 aromatic heterocycles. The van der Waals surface area contributed by atoms with Crippen molar-refractivity contribution in [3.63, 3.8) is 0 Å². The fraction of sp³-hybridized carbons (Fsp3) is 0.407. The maximum atomic E-state index is 14.1. The molecule has 0 aliphatic carbocycles. The zero-order chi connectivity index (χ0) is 27.5. The Morgan fingerprint density at radius 1 is 1.21 bits per heavy atom. The number of carbonyl (C=O) groups is 4. The van der Waals surface area contributed by atoms with Gasteiger partial charge in [0.05, 0.1) is 11.3 Å². The van der Waals surface area contributed by atoms with E-state index in [-0.39, 0.29) is 29.9 Å². The fourth-order valence-electron chi connectivity index (χ4n) is 4.65. The van der Waals surface area contributed by atoms with E-state index in [0.717, 1.165) is 12.8 Å². The van der Waals surface area contributed by atoms with E-state index >= 15 is 0 Å². The van der Waals surface area contributed by atoms with E-state index in [2.05, 4.69) is 15.4 Å². The van der Waals surface area contributed by atoms with Crippen LogP contribution in [0.3, 0.4) is 0 Å². The van der Waals surface area contributed by atoms with Gasteiger partial charge in [0.25, 0.3) is 5.91 Å². The summed E-state index contributed by atoms with van der Waals surface area (Å²) in [5.41, 5.74) is 2.69. The smallest absolute Gasteiger partial charge is 0.441 e. The average Bonchev–Trinajstić information content (AvgIpc) is 3.40. The van der Waals surface area contributed by atoms with Gasteiger partial charge in [0, 0.05) is 36.4 Å². The lowest BCUT2D eigenvalue weighted by atomic mass is 9.92. The van der Waals surface area contributed by atoms with Crippen molar-refractivity contribution in [1.82, 2.24) is 15.3 Å². The van der Waals surface area contributed by atoms with Crippen LogP contribution in [0.2, 0.25) is 5.02 Å². The van der Waals surface area contributed by atoms with E-state index in [0.29, 0.717) is 30.2 Å². The molecule has 2 aliphatic heterocycles. The van der Waals surface area contributed by atoms with Crippen LogP contribution in [0.25, 0.3) is 0 Å². The molecular formula is C27H31ClN5O5+. The van der Waals surface area contributed by atoms with Crippen molar-refractivity contribution in [1.29, 1.82) is 0 Å². The number of fused-ring (bicyclic) bond motifs is 1. The molecule has 2 atom stereocenters. The number of nitrogens with one attached hydrogen (secondary N) is 1. The molecule has 2 aliphatic rings. The Morgan fingerprint density at radius 2 is 1.95 bits per heavy atom. The summed E-state index contributed by atoms with van der Waals surface area (Å²) >= 11 is 6.16. The Morgan fingerprint density at radius 3 is 2.58 bits per heavy atom. The highest BCUT2D eigenvalue weighted by Crippen LogP contribution is 2.33. The number of likely N-dealkylation sites (tertiary alicyclic amines) is 1. The quantitative estimate of drug-likeness (QED) is 0.325. The van der Waals surface area contributed by atoms with Gasteiger partial charge in [-0.2, -0.15) is 5.43 Å². The lowest BCUT2D eigenvalue weighted by molar-refractivity contribution is -0.886. The first-order chi connectivity index (χ1) is 18.0. The molecule has 1 saturated heterocycles. The molecule has 2 unspecified atom stereocenters. The number of nitrogens with zero attached hydrogens (tertiary/aromatic N) is 4. The summed E-state index contributed by atoms with van der Waals surface area (Å²) in [5, 5.41) is 0.352. The topological polar surface area (TPSA) is 118 Å². The molecule has 11 heteroatoms. The lowest BCUT2D eigenvalue weighted by Gasteiger charge is -2.39. The first-order valence-corrected chi connectivity index (χ1v) is 12.9. The van der Waals surface area contributed by atoms with Gasteiger partial charge < -0.3 is 9.64 Å². The number of pyridine rings is 1. The van der Waals surface area contributed by atoms with Gasteiger partial charge in [0.2, 0.25) is 11.8 Å². The summed E-state index contributed by atoms with van der Waals surface area (Å²) < 4.78 is 4.52. The second kappa shape index (κ2) is 11.0. The van der Waals surface area contributed by atoms with Crippen molar-refractivity contribution < 1.29 is 28.5 Å². The Balaban J connectivity index is 1.83. The second-order valence-electron chi connectivity index (χ2n) is 10.4. The van der Waals surface area contributed by atoms with E-state index in [1.165, 1.54) is 12.1 Å². The molecule has 0 bridgehead atoms. The fourth-order valence-corrected chi connectivity index (χ4v) is 4.81. The Kier molecular flexibility index (Phi) is 7.94. The molecule has 10 nitrogen and oxygen atoms in total. The van der Waals surface area contributed by atoms with Crippen LogP contribution in [-0.2, 0) is 20.7 Å². The van der Waals surface area contributed by atoms with Crippen molar-refractivity contribution >= 4 is 47.2 Å². The summed E-state index contributed by atoms with van der Waals surface area (Å²) in [6, 6.07) is 8.46. The monoisotopic (exact) mass is 540 g/mol. The first-order valence-electron chi connectivity index (χ1n) is 12.5. The minimum absolute atomic E-state index is 0.0780. The summed E-state index contributed by atoms with van der Waals surface area (Å²) in [6.07, 6.45) is 3.03. The molecule has 3 heterocycles. The maximum Gasteiger partial charge on any atom is 0.452 e. The van der Waals surface area contributed by atoms with Gasteiger partial charge in [-0.15, -0.1) is 4.59 Å². The highest BCUT2D eigenvalue weighted by atomic mass is 35.5. The van der Waals surface area contributed by atoms with Crippen LogP contribution < -0.4 is 5.43 Å². The zero-order valence-electron chi connectivity index (χ0n) is 21.6. The van der Waals surface area contributed by atoms with E-state index in [9.17, 15) is 19.2 Å². The van der Waals surface area contributed by atoms with E-state index in [4.69, 9.17) is 16.3 Å². The van der Waals surface area contributed by atoms with Crippen LogP contribution in [0.5, 0.6) is 0 Å². The van der Waals surface area contributed by atoms with E-state index in [1.54, 1.807) is 56.1 Å². The number of benzene rings is 1. The first kappa shape index (κ1) is 27.4. The Labute approximate surface area is 226 Å². The minimum Gasteiger partial charge on any atom is -0.441 e. The Bertz CT molecular complexity index is 1270. The van der Waals surface area contributed by atoms with Gasteiger partial charge in [-0.05, 0) is 63.9 Å². The van der Waals surface area contributed by atoms with Crippen LogP contribution in [0.4, 0.5) is 10.5 Å². The van der Waals surface area contributed by atoms with Crippen molar-refractivity contribution in [3.8, 4) is 0 Å². The van der Waals surface area contributed by atoms with Crippen molar-refractivity contribution in [2.24, 2.45) is 4.99 Å². The lowest BCUT2D eigenvalue weighted by Crippen LogP contribution is -2.72. The molecule has 1 aromatic carbocycles. The zero-order valence-corrected chi connectivity index (χ0v) is 22.4. The number of carbonyl (C=O) groups excluding carboxylic acids is 4. The number of aliphatic imine (C=N–C) groups is 1. The molecule has 1 fully saturated rings. The van der Waals surface area contributed by atoms with Crippen molar-refractivity contribution in [2.75, 3.05) is 19.6 Å². The molecule has 0 saturated carbocycles. The minimum atomic E-state index is -1.44. The van der Waals surface area contributed by atoms with Crippen LogP contribution in [0.1, 0.15) is 49.7 Å². The molecular weight excluding hydrogens is 510 g/mol. The second-order valence-corrected chi connectivity index (χ2v) is 10.8. The number of ketones is 1. The summed E-state index contributed by atoms with van der Waals surface area (Å²) in [7, 11) is 0. The molecule has 2 aromatic rings. The summed E-state index contributed by atoms with van der Waals surface area (Å²) in [6.45, 7) is 6.00. The van der Waals surface area contributed by atoms with E-state index < -0.39 is 34.0 Å². The molecule has 3 amide bonds. The van der Waals surface area contributed by atoms with Crippen LogP contribution in [0.15, 0.2) is 47.6 Å². The van der Waals surface area contributed by atoms with Gasteiger partial charge in [0.15, 0.2) is 5.71 Å². The van der Waals surface area contributed by atoms with Gasteiger partial charge in [-0.25, -0.2) is 14.6 Å². The molecule has 38 heavy (non-hydrogen) atoms. The molecule has 200 valence electrons. The number of rotatable bonds is 7. The predicted molar refractivity (Wildman–Crippen MR) is 141 cm³/mol. The molecule has 4 rings (SSSR count). The number of Topliss-reactive ketones (excluding diaryl/α,β-unsaturated/α-hetero) is 1. The molecule has 1 N–H and O–H groups in total. The van der Waals surface area contributed by atoms with Gasteiger partial charge in [0.1, 0.15) is 12.1 Å². The van der Waals surface area contributed by atoms with Gasteiger partial charge in [-0.3, -0.25) is 14.6 Å². The number of ether oxygens (including phenoxy) is 1. The van der Waals surface area contributed by atoms with Crippen LogP contribution >= 0.6 is 11.6 Å². The SMILES string of the molecule is CC(C)(C)OC(=O)N[N+](C=O)(CCc1ccccn1)C1C(=O)c2ccc(Cl)cc2N=C1C(=O)N1CCCC1. The van der Waals surface area contributed by atoms with Crippen molar-refractivity contribution in [3.05, 3.63) is 58.9 Å². The number of amides is 3. The Hall–Kier alpha value is -3.63. The van der Waals surface area contributed by atoms with Gasteiger partial charge in [-0.1, -0.05) is 17.7 Å². The van der Waals surface area contributed by atoms with Crippen LogP contribution in [0, 0.1) is 0 Å². The summed E-state index contributed by atoms with van der Waals surface area (Å²) in [4.78, 5) is 64.3. The van der Waals surface area contributed by atoms with Crippen LogP contribution in [-0.4, -0.2) is 75.7 Å². The number of halogens is 1. The molecule has 0 spiro atoms. The average molecular weight is 541 g/mol. The maximum absolute atomic E-state index is 14.1. The van der Waals surface area contributed by atoms with E-state index in [1.807, 2.05) is 0 Å². The summed E-state index contributed by atoms with van der Waals surface area (Å²) in [5.74, 6) is -0.988. The number of aromatic nitrogens is 1. The number of quaternary nitrogens is 1. The standard InChI is InChI=1S/C27H30ClN5O5/c1-27(2,3)38-26(37)31-33(17-34,15-11-19-8-4-5-12-29-19)23-22(25(36)32-13-6-7-14-32)30-21-16-18(28)9-10-20(21)24(23)35/h4-5,8-10,12,16-17,23H,6-7,11,13-15H2,1-3H3/p+1. The third kappa shape index (κ3) is 5.92. The van der Waals surface area contributed by atoms with Gasteiger partial charge >= 0.3 is 12.5 Å². The normalized spacial score (nSPS) is 18.7. The highest BCUT2D eigenvalue weighted by molar-refractivity contribution is 6.47. The third-order valence-corrected chi connectivity index (χ3v) is 6.63. The largest absolute Gasteiger partial charge is 0.452 e.